The Labute approximate surface area is 376 Å². The van der Waals surface area contributed by atoms with Gasteiger partial charge in [0.05, 0.1) is 26.2 Å². The van der Waals surface area contributed by atoms with Crippen LogP contribution in [-0.2, 0) is 42.2 Å². The second-order valence-corrected chi connectivity index (χ2v) is 17.0. The van der Waals surface area contributed by atoms with Gasteiger partial charge in [0, 0.05) is 12.8 Å². The first-order valence-electron chi connectivity index (χ1n) is 23.8. The summed E-state index contributed by atoms with van der Waals surface area (Å²) in [6, 6.07) is 0. The van der Waals surface area contributed by atoms with Gasteiger partial charge in [0.2, 0.25) is 0 Å². The van der Waals surface area contributed by atoms with Crippen molar-refractivity contribution in [2.45, 2.75) is 200 Å². The molecule has 62 heavy (non-hydrogen) atoms. The molecule has 0 aromatic carbocycles. The summed E-state index contributed by atoms with van der Waals surface area (Å²) in [4.78, 5) is 48.0. The lowest BCUT2D eigenvalue weighted by atomic mass is 10.1. The summed E-state index contributed by atoms with van der Waals surface area (Å²) >= 11 is 0. The van der Waals surface area contributed by atoms with Gasteiger partial charge in [-0.3, -0.25) is 23.4 Å². The molecule has 0 aliphatic heterocycles. The predicted molar refractivity (Wildman–Crippen MR) is 251 cm³/mol. The van der Waals surface area contributed by atoms with E-state index in [1.807, 2.05) is 12.2 Å². The number of hydrogen-bond donors (Lipinski definition) is 2. The number of aliphatic hydroxyl groups is 1. The second-order valence-electron chi connectivity index (χ2n) is 15.6. The predicted octanol–water partition coefficient (Wildman–Crippen LogP) is 13.0. The zero-order valence-corrected chi connectivity index (χ0v) is 39.7. The largest absolute Gasteiger partial charge is 0.472 e. The smallest absolute Gasteiger partial charge is 0.461 e. The molecular weight excluding hydrogens is 808 g/mol. The summed E-state index contributed by atoms with van der Waals surface area (Å²) in [6.07, 6.45) is 46.4. The molecule has 11 nitrogen and oxygen atoms in total. The molecule has 12 heteroatoms. The molecule has 0 aliphatic rings. The summed E-state index contributed by atoms with van der Waals surface area (Å²) in [5, 5.41) is 9.71. The molecular formula is C50H85O11P. The van der Waals surface area contributed by atoms with Crippen LogP contribution < -0.4 is 0 Å². The van der Waals surface area contributed by atoms with Crippen LogP contribution in [0.15, 0.2) is 72.9 Å². The third-order valence-corrected chi connectivity index (χ3v) is 10.6. The van der Waals surface area contributed by atoms with E-state index < -0.39 is 64.4 Å². The highest BCUT2D eigenvalue weighted by molar-refractivity contribution is 7.47. The Bertz CT molecular complexity index is 1320. The van der Waals surface area contributed by atoms with Gasteiger partial charge in [0.15, 0.2) is 6.10 Å². The normalized spacial score (nSPS) is 14.2. The van der Waals surface area contributed by atoms with Crippen molar-refractivity contribution in [3.8, 4) is 0 Å². The number of phosphoric acid groups is 1. The van der Waals surface area contributed by atoms with Crippen molar-refractivity contribution >= 4 is 25.7 Å². The molecule has 0 aromatic heterocycles. The summed E-state index contributed by atoms with van der Waals surface area (Å²) in [5.74, 6) is -1.64. The quantitative estimate of drug-likeness (QED) is 0.0198. The fourth-order valence-electron chi connectivity index (χ4n) is 6.00. The highest BCUT2D eigenvalue weighted by atomic mass is 31.2. The Morgan fingerprint density at radius 1 is 0.484 bits per heavy atom. The molecule has 3 unspecified atom stereocenters. The molecule has 356 valence electrons. The molecule has 0 radical (unpaired) electrons. The molecule has 0 bridgehead atoms. The van der Waals surface area contributed by atoms with E-state index in [2.05, 4.69) is 75.5 Å². The SMILES string of the molecule is CC/C=C\C/C=C\C/C=C\C/C=C\C/C=C\CC(=O)OCC(COP(=O)(O)OCC(CO)OC(=O)CCCCCCCCCCC)OC(=O)CCCCCCC/C=C\CCCC. The first-order valence-corrected chi connectivity index (χ1v) is 25.3. The zero-order valence-electron chi connectivity index (χ0n) is 38.8. The van der Waals surface area contributed by atoms with Gasteiger partial charge >= 0.3 is 25.7 Å². The van der Waals surface area contributed by atoms with E-state index in [-0.39, 0.29) is 19.3 Å². The number of unbranched alkanes of at least 4 members (excludes halogenated alkanes) is 15. The Kier molecular flexibility index (Phi) is 42.3. The average Bonchev–Trinajstić information content (AvgIpc) is 3.25. The van der Waals surface area contributed by atoms with Crippen molar-refractivity contribution in [2.75, 3.05) is 26.4 Å². The Balaban J connectivity index is 4.89. The van der Waals surface area contributed by atoms with E-state index in [0.29, 0.717) is 19.3 Å². The molecule has 0 rings (SSSR count). The second kappa shape index (κ2) is 44.5. The minimum absolute atomic E-state index is 0.00836. The fraction of sp³-hybridized carbons (Fsp3) is 0.700. The van der Waals surface area contributed by atoms with E-state index in [1.165, 1.54) is 44.9 Å². The third-order valence-electron chi connectivity index (χ3n) is 9.65. The maximum Gasteiger partial charge on any atom is 0.472 e. The minimum atomic E-state index is -4.75. The highest BCUT2D eigenvalue weighted by Gasteiger charge is 2.28. The Morgan fingerprint density at radius 3 is 1.40 bits per heavy atom. The van der Waals surface area contributed by atoms with Crippen LogP contribution in [0.4, 0.5) is 0 Å². The lowest BCUT2D eigenvalue weighted by Crippen LogP contribution is -2.30. The first-order chi connectivity index (χ1) is 30.2. The van der Waals surface area contributed by atoms with Gasteiger partial charge in [0.25, 0.3) is 0 Å². The van der Waals surface area contributed by atoms with Crippen molar-refractivity contribution in [3.63, 3.8) is 0 Å². The topological polar surface area (TPSA) is 155 Å². The Hall–Kier alpha value is -3.08. The number of rotatable bonds is 43. The molecule has 2 N–H and O–H groups in total. The molecule has 0 heterocycles. The molecule has 0 amide bonds. The summed E-state index contributed by atoms with van der Waals surface area (Å²) in [6.45, 7) is 4.30. The lowest BCUT2D eigenvalue weighted by molar-refractivity contribution is -0.161. The van der Waals surface area contributed by atoms with Crippen molar-refractivity contribution in [1.29, 1.82) is 0 Å². The molecule has 3 atom stereocenters. The Morgan fingerprint density at radius 2 is 0.903 bits per heavy atom. The van der Waals surface area contributed by atoms with E-state index in [9.17, 15) is 28.9 Å². The number of allylic oxidation sites excluding steroid dienone is 11. The van der Waals surface area contributed by atoms with Crippen LogP contribution in [0.25, 0.3) is 0 Å². The van der Waals surface area contributed by atoms with Crippen LogP contribution in [0.1, 0.15) is 188 Å². The van der Waals surface area contributed by atoms with Crippen LogP contribution in [0, 0.1) is 0 Å². The number of carbonyl (C=O) groups is 3. The molecule has 0 fully saturated rings. The van der Waals surface area contributed by atoms with Gasteiger partial charge in [-0.05, 0) is 64.2 Å². The van der Waals surface area contributed by atoms with Crippen LogP contribution >= 0.6 is 7.82 Å². The van der Waals surface area contributed by atoms with Crippen molar-refractivity contribution < 1.29 is 52.2 Å². The van der Waals surface area contributed by atoms with E-state index in [1.54, 1.807) is 6.08 Å². The molecule has 0 aromatic rings. The standard InChI is InChI=1S/C50H85O11P/c1-4-7-10-13-16-19-21-22-23-24-26-28-30-33-36-39-48(52)57-43-47(61-50(54)41-38-35-32-29-25-20-17-14-11-8-5-2)45-59-62(55,56)58-44-46(42-51)60-49(53)40-37-34-31-27-18-15-12-9-6-3/h7,10,14,16-17,19,22-23,26,28,33,36,46-47,51H,4-6,8-9,11-13,15,18,20-21,24-25,27,29-32,34-35,37-45H2,1-3H3,(H,55,56)/b10-7-,17-14-,19-16-,23-22-,28-26-,36-33-. The number of hydrogen-bond acceptors (Lipinski definition) is 10. The van der Waals surface area contributed by atoms with Gasteiger partial charge in [-0.15, -0.1) is 0 Å². The number of aliphatic hydroxyl groups excluding tert-OH is 1. The lowest BCUT2D eigenvalue weighted by Gasteiger charge is -2.21. The fourth-order valence-corrected chi connectivity index (χ4v) is 6.78. The summed E-state index contributed by atoms with van der Waals surface area (Å²) in [5.41, 5.74) is 0. The maximum atomic E-state index is 12.8. The maximum absolute atomic E-state index is 12.8. The van der Waals surface area contributed by atoms with E-state index in [0.717, 1.165) is 83.5 Å². The van der Waals surface area contributed by atoms with Gasteiger partial charge in [0.1, 0.15) is 12.7 Å². The van der Waals surface area contributed by atoms with Crippen LogP contribution in [0.3, 0.4) is 0 Å². The number of carbonyl (C=O) groups excluding carboxylic acids is 3. The molecule has 0 spiro atoms. The van der Waals surface area contributed by atoms with Crippen LogP contribution in [-0.4, -0.2) is 66.5 Å². The summed E-state index contributed by atoms with van der Waals surface area (Å²) in [7, 11) is -4.75. The van der Waals surface area contributed by atoms with E-state index in [4.69, 9.17) is 23.3 Å². The van der Waals surface area contributed by atoms with Gasteiger partial charge in [-0.1, -0.05) is 177 Å². The van der Waals surface area contributed by atoms with Gasteiger partial charge < -0.3 is 24.2 Å². The van der Waals surface area contributed by atoms with E-state index >= 15 is 0 Å². The highest BCUT2D eigenvalue weighted by Crippen LogP contribution is 2.43. The average molecular weight is 893 g/mol. The zero-order chi connectivity index (χ0) is 45.6. The first kappa shape index (κ1) is 58.9. The van der Waals surface area contributed by atoms with Crippen LogP contribution in [0.2, 0.25) is 0 Å². The third kappa shape index (κ3) is 42.2. The van der Waals surface area contributed by atoms with Crippen molar-refractivity contribution in [2.24, 2.45) is 0 Å². The number of ether oxygens (including phenoxy) is 3. The molecule has 0 saturated carbocycles. The van der Waals surface area contributed by atoms with Crippen molar-refractivity contribution in [1.82, 2.24) is 0 Å². The van der Waals surface area contributed by atoms with Gasteiger partial charge in [-0.2, -0.15) is 0 Å². The van der Waals surface area contributed by atoms with Crippen molar-refractivity contribution in [3.05, 3.63) is 72.9 Å². The summed E-state index contributed by atoms with van der Waals surface area (Å²) < 4.78 is 39.0. The molecule has 0 saturated heterocycles. The van der Waals surface area contributed by atoms with Crippen LogP contribution in [0.5, 0.6) is 0 Å². The number of esters is 3. The minimum Gasteiger partial charge on any atom is -0.461 e. The monoisotopic (exact) mass is 893 g/mol. The number of phosphoric ester groups is 1. The molecule has 0 aliphatic carbocycles. The van der Waals surface area contributed by atoms with Gasteiger partial charge in [-0.25, -0.2) is 4.57 Å².